The molecular weight excluding hydrogens is 234 g/mol. The number of para-hydroxylation sites is 1. The molecule has 0 bridgehead atoms. The van der Waals surface area contributed by atoms with Crippen molar-refractivity contribution in [3.8, 4) is 5.75 Å². The van der Waals surface area contributed by atoms with Crippen LogP contribution in [0.15, 0.2) is 35.5 Å². The topological polar surface area (TPSA) is 50.9 Å². The SMILES string of the molecule is CC(C)n1ncnc1CSc1ccccc1O. The molecule has 1 N–H and O–H groups in total. The second-order valence-corrected chi connectivity index (χ2v) is 4.99. The van der Waals surface area contributed by atoms with E-state index in [4.69, 9.17) is 0 Å². The van der Waals surface area contributed by atoms with Gasteiger partial charge in [-0.05, 0) is 26.0 Å². The molecule has 2 aromatic rings. The fraction of sp³-hybridized carbons (Fsp3) is 0.333. The minimum atomic E-state index is 0.303. The lowest BCUT2D eigenvalue weighted by Gasteiger charge is -2.09. The molecule has 0 aliphatic heterocycles. The largest absolute Gasteiger partial charge is 0.507 e. The molecule has 0 saturated heterocycles. The molecular formula is C12H15N3OS. The third-order valence-electron chi connectivity index (χ3n) is 2.36. The maximum atomic E-state index is 9.65. The summed E-state index contributed by atoms with van der Waals surface area (Å²) in [7, 11) is 0. The number of aromatic nitrogens is 3. The molecule has 0 spiro atoms. The Morgan fingerprint density at radius 1 is 1.35 bits per heavy atom. The van der Waals surface area contributed by atoms with Gasteiger partial charge in [0.2, 0.25) is 0 Å². The van der Waals surface area contributed by atoms with Crippen LogP contribution in [0, 0.1) is 0 Å². The Labute approximate surface area is 105 Å². The van der Waals surface area contributed by atoms with Gasteiger partial charge in [0.15, 0.2) is 0 Å². The standard InChI is InChI=1S/C12H15N3OS/c1-9(2)15-12(13-8-14-15)7-17-11-6-4-3-5-10(11)16/h3-6,8-9,16H,7H2,1-2H3. The molecule has 1 heterocycles. The molecule has 0 aliphatic rings. The van der Waals surface area contributed by atoms with Crippen LogP contribution in [-0.2, 0) is 5.75 Å². The number of benzene rings is 1. The summed E-state index contributed by atoms with van der Waals surface area (Å²) in [5.74, 6) is 1.94. The van der Waals surface area contributed by atoms with Gasteiger partial charge >= 0.3 is 0 Å². The van der Waals surface area contributed by atoms with Crippen LogP contribution in [0.2, 0.25) is 0 Å². The van der Waals surface area contributed by atoms with E-state index >= 15 is 0 Å². The van der Waals surface area contributed by atoms with E-state index in [2.05, 4.69) is 23.9 Å². The number of phenolic OH excluding ortho intramolecular Hbond substituents is 1. The van der Waals surface area contributed by atoms with Gasteiger partial charge < -0.3 is 5.11 Å². The van der Waals surface area contributed by atoms with Crippen LogP contribution >= 0.6 is 11.8 Å². The molecule has 0 atom stereocenters. The molecule has 17 heavy (non-hydrogen) atoms. The van der Waals surface area contributed by atoms with Crippen LogP contribution < -0.4 is 0 Å². The Hall–Kier alpha value is -1.49. The fourth-order valence-electron chi connectivity index (χ4n) is 1.53. The van der Waals surface area contributed by atoms with Crippen LogP contribution in [0.1, 0.15) is 25.7 Å². The highest BCUT2D eigenvalue weighted by Crippen LogP contribution is 2.30. The third kappa shape index (κ3) is 2.79. The van der Waals surface area contributed by atoms with Gasteiger partial charge in [0.1, 0.15) is 17.9 Å². The average molecular weight is 249 g/mol. The molecule has 90 valence electrons. The number of hydrogen-bond donors (Lipinski definition) is 1. The minimum absolute atomic E-state index is 0.303. The molecule has 5 heteroatoms. The maximum absolute atomic E-state index is 9.65. The minimum Gasteiger partial charge on any atom is -0.507 e. The van der Waals surface area contributed by atoms with Gasteiger partial charge in [-0.2, -0.15) is 5.10 Å². The molecule has 4 nitrogen and oxygen atoms in total. The molecule has 0 unspecified atom stereocenters. The van der Waals surface area contributed by atoms with Gasteiger partial charge in [-0.15, -0.1) is 11.8 Å². The quantitative estimate of drug-likeness (QED) is 0.846. The Morgan fingerprint density at radius 3 is 2.82 bits per heavy atom. The zero-order valence-corrected chi connectivity index (χ0v) is 10.7. The van der Waals surface area contributed by atoms with Crippen molar-refractivity contribution in [2.24, 2.45) is 0 Å². The van der Waals surface area contributed by atoms with Crippen molar-refractivity contribution in [1.82, 2.24) is 14.8 Å². The maximum Gasteiger partial charge on any atom is 0.138 e. The monoisotopic (exact) mass is 249 g/mol. The molecule has 0 radical (unpaired) electrons. The summed E-state index contributed by atoms with van der Waals surface area (Å²) < 4.78 is 1.90. The van der Waals surface area contributed by atoms with Gasteiger partial charge in [-0.3, -0.25) is 0 Å². The normalized spacial score (nSPS) is 11.0. The number of phenols is 1. The predicted octanol–water partition coefficient (Wildman–Crippen LogP) is 2.86. The van der Waals surface area contributed by atoms with Crippen molar-refractivity contribution in [2.75, 3.05) is 0 Å². The Kier molecular flexibility index (Phi) is 3.68. The number of rotatable bonds is 4. The van der Waals surface area contributed by atoms with Crippen molar-refractivity contribution in [2.45, 2.75) is 30.5 Å². The molecule has 0 saturated carbocycles. The average Bonchev–Trinajstić information content (AvgIpc) is 2.76. The predicted molar refractivity (Wildman–Crippen MR) is 68.1 cm³/mol. The highest BCUT2D eigenvalue weighted by molar-refractivity contribution is 7.98. The second kappa shape index (κ2) is 5.23. The highest BCUT2D eigenvalue weighted by atomic mass is 32.2. The molecule has 2 rings (SSSR count). The van der Waals surface area contributed by atoms with Gasteiger partial charge in [0.25, 0.3) is 0 Å². The van der Waals surface area contributed by atoms with E-state index in [1.807, 2.05) is 22.9 Å². The molecule has 1 aromatic carbocycles. The fourth-order valence-corrected chi connectivity index (χ4v) is 2.41. The Bertz CT molecular complexity index is 496. The van der Waals surface area contributed by atoms with E-state index in [0.717, 1.165) is 10.7 Å². The summed E-state index contributed by atoms with van der Waals surface area (Å²) in [4.78, 5) is 5.10. The molecule has 0 fully saturated rings. The Balaban J connectivity index is 2.08. The van der Waals surface area contributed by atoms with Gasteiger partial charge in [-0.1, -0.05) is 12.1 Å². The number of aromatic hydroxyl groups is 1. The van der Waals surface area contributed by atoms with E-state index in [0.29, 0.717) is 17.5 Å². The molecule has 0 amide bonds. The van der Waals surface area contributed by atoms with E-state index in [-0.39, 0.29) is 0 Å². The molecule has 0 aliphatic carbocycles. The van der Waals surface area contributed by atoms with Crippen molar-refractivity contribution in [3.05, 3.63) is 36.4 Å². The first-order chi connectivity index (χ1) is 8.18. The van der Waals surface area contributed by atoms with Gasteiger partial charge in [0, 0.05) is 10.9 Å². The summed E-state index contributed by atoms with van der Waals surface area (Å²) in [6, 6.07) is 7.62. The van der Waals surface area contributed by atoms with Crippen molar-refractivity contribution >= 4 is 11.8 Å². The van der Waals surface area contributed by atoms with E-state index < -0.39 is 0 Å². The van der Waals surface area contributed by atoms with Crippen molar-refractivity contribution in [1.29, 1.82) is 0 Å². The van der Waals surface area contributed by atoms with Crippen molar-refractivity contribution in [3.63, 3.8) is 0 Å². The first kappa shape index (κ1) is 12.0. The van der Waals surface area contributed by atoms with E-state index in [1.165, 1.54) is 0 Å². The summed E-state index contributed by atoms with van der Waals surface area (Å²) >= 11 is 1.56. The van der Waals surface area contributed by atoms with Gasteiger partial charge in [0.05, 0.1) is 5.75 Å². The third-order valence-corrected chi connectivity index (χ3v) is 3.42. The lowest BCUT2D eigenvalue weighted by Crippen LogP contribution is -2.07. The van der Waals surface area contributed by atoms with Crippen LogP contribution in [0.3, 0.4) is 0 Å². The number of thioether (sulfide) groups is 1. The van der Waals surface area contributed by atoms with Crippen molar-refractivity contribution < 1.29 is 5.11 Å². The highest BCUT2D eigenvalue weighted by Gasteiger charge is 2.09. The van der Waals surface area contributed by atoms with Gasteiger partial charge in [-0.25, -0.2) is 9.67 Å². The van der Waals surface area contributed by atoms with E-state index in [1.54, 1.807) is 24.2 Å². The lowest BCUT2D eigenvalue weighted by molar-refractivity contribution is 0.462. The summed E-state index contributed by atoms with van der Waals surface area (Å²) in [6.07, 6.45) is 1.57. The van der Waals surface area contributed by atoms with Crippen LogP contribution in [-0.4, -0.2) is 19.9 Å². The smallest absolute Gasteiger partial charge is 0.138 e. The van der Waals surface area contributed by atoms with Crippen LogP contribution in [0.25, 0.3) is 0 Å². The van der Waals surface area contributed by atoms with Crippen LogP contribution in [0.4, 0.5) is 0 Å². The molecule has 1 aromatic heterocycles. The van der Waals surface area contributed by atoms with E-state index in [9.17, 15) is 5.11 Å². The van der Waals surface area contributed by atoms with Crippen LogP contribution in [0.5, 0.6) is 5.75 Å². The first-order valence-corrected chi connectivity index (χ1v) is 6.46. The first-order valence-electron chi connectivity index (χ1n) is 5.47. The number of hydrogen-bond acceptors (Lipinski definition) is 4. The lowest BCUT2D eigenvalue weighted by atomic mass is 10.3. The summed E-state index contributed by atoms with van der Waals surface area (Å²) in [5, 5.41) is 13.8. The zero-order chi connectivity index (χ0) is 12.3. The summed E-state index contributed by atoms with van der Waals surface area (Å²) in [5.41, 5.74) is 0. The second-order valence-electron chi connectivity index (χ2n) is 3.97. The summed E-state index contributed by atoms with van der Waals surface area (Å²) in [6.45, 7) is 4.14. The Morgan fingerprint density at radius 2 is 2.12 bits per heavy atom. The zero-order valence-electron chi connectivity index (χ0n) is 9.87. The number of nitrogens with zero attached hydrogens (tertiary/aromatic N) is 3.